The highest BCUT2D eigenvalue weighted by atomic mass is 16.2. The lowest BCUT2D eigenvalue weighted by atomic mass is 9.69. The molecule has 0 saturated heterocycles. The standard InChI is InChI=1S/C28H50N2O2/c1-27(2,3)21-14-10-19(11-15-21)25(31)29-23-8-7-9-24(18-23)30-26(32)20-12-16-22(17-13-20)28(4,5)6/h19-24H,7-18H2,1-6H3,(H,29,31)(H,30,32). The molecule has 0 bridgehead atoms. The Bertz CT molecular complexity index is 575. The zero-order chi connectivity index (χ0) is 23.5. The second-order valence-electron chi connectivity index (χ2n) is 13.4. The van der Waals surface area contributed by atoms with Gasteiger partial charge in [-0.1, -0.05) is 41.5 Å². The van der Waals surface area contributed by atoms with Crippen molar-refractivity contribution in [3.8, 4) is 0 Å². The van der Waals surface area contributed by atoms with Crippen LogP contribution in [0.15, 0.2) is 0 Å². The van der Waals surface area contributed by atoms with Crippen LogP contribution >= 0.6 is 0 Å². The van der Waals surface area contributed by atoms with Crippen molar-refractivity contribution in [3.05, 3.63) is 0 Å². The summed E-state index contributed by atoms with van der Waals surface area (Å²) >= 11 is 0. The number of carbonyl (C=O) groups excluding carboxylic acids is 2. The Morgan fingerprint density at radius 2 is 0.906 bits per heavy atom. The van der Waals surface area contributed by atoms with E-state index in [0.717, 1.165) is 63.2 Å². The van der Waals surface area contributed by atoms with Crippen LogP contribution in [-0.2, 0) is 9.59 Å². The van der Waals surface area contributed by atoms with Crippen LogP contribution in [-0.4, -0.2) is 23.9 Å². The predicted octanol–water partition coefficient (Wildman–Crippen LogP) is 6.24. The normalized spacial score (nSPS) is 34.6. The fourth-order valence-corrected chi connectivity index (χ4v) is 6.53. The van der Waals surface area contributed by atoms with Gasteiger partial charge in [-0.3, -0.25) is 9.59 Å². The molecule has 0 aromatic carbocycles. The van der Waals surface area contributed by atoms with Crippen LogP contribution in [0, 0.1) is 34.5 Å². The summed E-state index contributed by atoms with van der Waals surface area (Å²) in [6, 6.07) is 0.442. The van der Waals surface area contributed by atoms with E-state index in [1.807, 2.05) is 0 Å². The van der Waals surface area contributed by atoms with E-state index in [-0.39, 0.29) is 35.7 Å². The first-order valence-corrected chi connectivity index (χ1v) is 13.5. The van der Waals surface area contributed by atoms with E-state index < -0.39 is 0 Å². The van der Waals surface area contributed by atoms with Crippen molar-refractivity contribution in [2.75, 3.05) is 0 Å². The van der Waals surface area contributed by atoms with Crippen LogP contribution < -0.4 is 10.6 Å². The van der Waals surface area contributed by atoms with Crippen molar-refractivity contribution >= 4 is 11.8 Å². The van der Waals surface area contributed by atoms with Gasteiger partial charge >= 0.3 is 0 Å². The third kappa shape index (κ3) is 6.97. The Hall–Kier alpha value is -1.06. The summed E-state index contributed by atoms with van der Waals surface area (Å²) in [4.78, 5) is 25.8. The Morgan fingerprint density at radius 1 is 0.562 bits per heavy atom. The van der Waals surface area contributed by atoms with E-state index in [9.17, 15) is 9.59 Å². The molecule has 3 aliphatic rings. The predicted molar refractivity (Wildman–Crippen MR) is 132 cm³/mol. The largest absolute Gasteiger partial charge is 0.353 e. The summed E-state index contributed by atoms with van der Waals surface area (Å²) in [7, 11) is 0. The molecule has 4 nitrogen and oxygen atoms in total. The average Bonchev–Trinajstić information content (AvgIpc) is 2.73. The summed E-state index contributed by atoms with van der Waals surface area (Å²) in [6.07, 6.45) is 12.9. The number of amides is 2. The summed E-state index contributed by atoms with van der Waals surface area (Å²) in [5, 5.41) is 6.71. The first-order valence-electron chi connectivity index (χ1n) is 13.5. The SMILES string of the molecule is CC(C)(C)C1CCC(C(=O)NC2CCCC(NC(=O)C3CCC(C(C)(C)C)CC3)C2)CC1. The number of nitrogens with one attached hydrogen (secondary N) is 2. The van der Waals surface area contributed by atoms with Gasteiger partial charge in [0.15, 0.2) is 0 Å². The summed E-state index contributed by atoms with van der Waals surface area (Å²) in [5.41, 5.74) is 0.699. The smallest absolute Gasteiger partial charge is 0.223 e. The molecule has 184 valence electrons. The average molecular weight is 447 g/mol. The van der Waals surface area contributed by atoms with Gasteiger partial charge in [-0.15, -0.1) is 0 Å². The van der Waals surface area contributed by atoms with Crippen LogP contribution in [0.2, 0.25) is 0 Å². The molecule has 2 N–H and O–H groups in total. The molecule has 0 aliphatic heterocycles. The molecule has 0 radical (unpaired) electrons. The van der Waals surface area contributed by atoms with E-state index in [2.05, 4.69) is 52.2 Å². The maximum absolute atomic E-state index is 12.9. The van der Waals surface area contributed by atoms with Crippen molar-refractivity contribution in [3.63, 3.8) is 0 Å². The Balaban J connectivity index is 1.41. The molecule has 3 fully saturated rings. The summed E-state index contributed by atoms with van der Waals surface area (Å²) in [6.45, 7) is 13.9. The van der Waals surface area contributed by atoms with Gasteiger partial charge in [-0.25, -0.2) is 0 Å². The molecule has 2 unspecified atom stereocenters. The third-order valence-electron chi connectivity index (χ3n) is 9.01. The maximum Gasteiger partial charge on any atom is 0.223 e. The van der Waals surface area contributed by atoms with Crippen LogP contribution in [0.25, 0.3) is 0 Å². The van der Waals surface area contributed by atoms with Crippen molar-refractivity contribution < 1.29 is 9.59 Å². The Kier molecular flexibility index (Phi) is 8.36. The van der Waals surface area contributed by atoms with Crippen molar-refractivity contribution in [2.45, 2.75) is 131 Å². The van der Waals surface area contributed by atoms with Gasteiger partial charge in [0.25, 0.3) is 0 Å². The van der Waals surface area contributed by atoms with Gasteiger partial charge < -0.3 is 10.6 Å². The second-order valence-corrected chi connectivity index (χ2v) is 13.4. The van der Waals surface area contributed by atoms with Crippen LogP contribution in [0.4, 0.5) is 0 Å². The minimum absolute atomic E-state index is 0.182. The van der Waals surface area contributed by atoms with E-state index in [4.69, 9.17) is 0 Å². The van der Waals surface area contributed by atoms with Gasteiger partial charge in [-0.2, -0.15) is 0 Å². The highest BCUT2D eigenvalue weighted by molar-refractivity contribution is 5.79. The highest BCUT2D eigenvalue weighted by Gasteiger charge is 2.35. The van der Waals surface area contributed by atoms with Crippen LogP contribution in [0.3, 0.4) is 0 Å². The first-order chi connectivity index (χ1) is 14.9. The molecule has 0 aromatic heterocycles. The zero-order valence-corrected chi connectivity index (χ0v) is 21.8. The van der Waals surface area contributed by atoms with Crippen molar-refractivity contribution in [2.24, 2.45) is 34.5 Å². The zero-order valence-electron chi connectivity index (χ0n) is 21.8. The number of hydrogen-bond acceptors (Lipinski definition) is 2. The second kappa shape index (κ2) is 10.5. The van der Waals surface area contributed by atoms with Gasteiger partial charge in [-0.05, 0) is 99.7 Å². The Morgan fingerprint density at radius 3 is 1.22 bits per heavy atom. The number of hydrogen-bond donors (Lipinski definition) is 2. The van der Waals surface area contributed by atoms with Crippen molar-refractivity contribution in [1.29, 1.82) is 0 Å². The fraction of sp³-hybridized carbons (Fsp3) is 0.929. The molecule has 3 saturated carbocycles. The molecule has 4 heteroatoms. The minimum atomic E-state index is 0.182. The summed E-state index contributed by atoms with van der Waals surface area (Å²) in [5.74, 6) is 2.35. The highest BCUT2D eigenvalue weighted by Crippen LogP contribution is 2.41. The molecule has 2 atom stereocenters. The van der Waals surface area contributed by atoms with Crippen LogP contribution in [0.1, 0.15) is 119 Å². The lowest BCUT2D eigenvalue weighted by Gasteiger charge is -2.38. The van der Waals surface area contributed by atoms with Gasteiger partial charge in [0.05, 0.1) is 0 Å². The third-order valence-corrected chi connectivity index (χ3v) is 9.01. The van der Waals surface area contributed by atoms with Crippen molar-refractivity contribution in [1.82, 2.24) is 10.6 Å². The van der Waals surface area contributed by atoms with E-state index in [0.29, 0.717) is 10.8 Å². The molecule has 0 heterocycles. The van der Waals surface area contributed by atoms with Gasteiger partial charge in [0.2, 0.25) is 11.8 Å². The first kappa shape index (κ1) is 25.6. The maximum atomic E-state index is 12.9. The monoisotopic (exact) mass is 446 g/mol. The molecule has 3 aliphatic carbocycles. The molecule has 0 spiro atoms. The van der Waals surface area contributed by atoms with E-state index in [1.165, 1.54) is 25.7 Å². The number of rotatable bonds is 4. The molecule has 2 amide bonds. The van der Waals surface area contributed by atoms with Gasteiger partial charge in [0.1, 0.15) is 0 Å². The van der Waals surface area contributed by atoms with Gasteiger partial charge in [0, 0.05) is 23.9 Å². The fourth-order valence-electron chi connectivity index (χ4n) is 6.53. The van der Waals surface area contributed by atoms with E-state index in [1.54, 1.807) is 0 Å². The summed E-state index contributed by atoms with van der Waals surface area (Å²) < 4.78 is 0. The number of carbonyl (C=O) groups is 2. The van der Waals surface area contributed by atoms with Crippen LogP contribution in [0.5, 0.6) is 0 Å². The lowest BCUT2D eigenvalue weighted by molar-refractivity contribution is -0.127. The lowest BCUT2D eigenvalue weighted by Crippen LogP contribution is -2.49. The molecular formula is C28H50N2O2. The Labute approximate surface area is 197 Å². The minimum Gasteiger partial charge on any atom is -0.353 e. The van der Waals surface area contributed by atoms with E-state index >= 15 is 0 Å². The topological polar surface area (TPSA) is 58.2 Å². The molecule has 32 heavy (non-hydrogen) atoms. The molecular weight excluding hydrogens is 396 g/mol. The quantitative estimate of drug-likeness (QED) is 0.537. The molecule has 0 aromatic rings. The molecule has 3 rings (SSSR count).